The van der Waals surface area contributed by atoms with Gasteiger partial charge in [-0.15, -0.1) is 0 Å². The minimum atomic E-state index is -0.0320. The van der Waals surface area contributed by atoms with Crippen molar-refractivity contribution >= 4 is 5.91 Å². The topological polar surface area (TPSA) is 72.0 Å². The van der Waals surface area contributed by atoms with E-state index in [9.17, 15) is 4.79 Å². The number of furan rings is 1. The predicted molar refractivity (Wildman–Crippen MR) is 98.2 cm³/mol. The number of amides is 1. The van der Waals surface area contributed by atoms with Gasteiger partial charge in [-0.05, 0) is 37.3 Å². The van der Waals surface area contributed by atoms with Crippen molar-refractivity contribution in [3.8, 4) is 0 Å². The quantitative estimate of drug-likeness (QED) is 0.802. The zero-order valence-electron chi connectivity index (χ0n) is 16.0. The average molecular weight is 373 g/mol. The van der Waals surface area contributed by atoms with Crippen LogP contribution in [0.5, 0.6) is 0 Å². The van der Waals surface area contributed by atoms with Gasteiger partial charge in [-0.25, -0.2) is 0 Å². The number of aryl methyl sites for hydroxylation is 1. The van der Waals surface area contributed by atoms with E-state index in [4.69, 9.17) is 13.7 Å². The van der Waals surface area contributed by atoms with Crippen LogP contribution in [0.3, 0.4) is 0 Å². The largest absolute Gasteiger partial charge is 0.468 e. The van der Waals surface area contributed by atoms with Gasteiger partial charge in [-0.2, -0.15) is 0 Å². The molecule has 2 saturated heterocycles. The Bertz CT molecular complexity index is 762. The highest BCUT2D eigenvalue weighted by Gasteiger charge is 2.48. The third-order valence-corrected chi connectivity index (χ3v) is 6.10. The Balaban J connectivity index is 1.42. The molecule has 0 radical (unpaired) electrons. The fraction of sp³-hybridized carbons (Fsp3) is 0.600. The van der Waals surface area contributed by atoms with Crippen molar-refractivity contribution in [2.24, 2.45) is 11.3 Å². The molecule has 0 bridgehead atoms. The molecule has 0 aromatic carbocycles. The number of rotatable bonds is 5. The molecule has 1 unspecified atom stereocenters. The van der Waals surface area contributed by atoms with E-state index < -0.39 is 0 Å². The second-order valence-corrected chi connectivity index (χ2v) is 7.88. The standard InChI is InChI=1S/C20H27N3O4/c1-15-10-18(21-27-15)19(24)23-7-5-20(6-8-23)14-22(11-16(20)13-25-2)12-17-4-3-9-26-17/h3-4,9-10,16H,5-8,11-14H2,1-2H3. The van der Waals surface area contributed by atoms with Crippen LogP contribution in [0, 0.1) is 18.3 Å². The van der Waals surface area contributed by atoms with Crippen LogP contribution in [-0.4, -0.2) is 60.8 Å². The summed E-state index contributed by atoms with van der Waals surface area (Å²) in [6.07, 6.45) is 3.69. The first-order valence-electron chi connectivity index (χ1n) is 9.56. The summed E-state index contributed by atoms with van der Waals surface area (Å²) >= 11 is 0. The lowest BCUT2D eigenvalue weighted by molar-refractivity contribution is 0.0317. The van der Waals surface area contributed by atoms with Gasteiger partial charge in [0, 0.05) is 45.3 Å². The number of likely N-dealkylation sites (tertiary alicyclic amines) is 2. The number of methoxy groups -OCH3 is 1. The van der Waals surface area contributed by atoms with Crippen LogP contribution in [0.15, 0.2) is 33.4 Å². The molecular weight excluding hydrogens is 346 g/mol. The lowest BCUT2D eigenvalue weighted by Gasteiger charge is -2.42. The maximum Gasteiger partial charge on any atom is 0.276 e. The molecule has 4 heterocycles. The summed E-state index contributed by atoms with van der Waals surface area (Å²) in [4.78, 5) is 17.0. The van der Waals surface area contributed by atoms with Crippen molar-refractivity contribution in [1.29, 1.82) is 0 Å². The van der Waals surface area contributed by atoms with E-state index >= 15 is 0 Å². The molecule has 4 rings (SSSR count). The maximum atomic E-state index is 12.7. The van der Waals surface area contributed by atoms with Gasteiger partial charge in [0.2, 0.25) is 0 Å². The fourth-order valence-electron chi connectivity index (χ4n) is 4.67. The summed E-state index contributed by atoms with van der Waals surface area (Å²) in [5.41, 5.74) is 0.599. The predicted octanol–water partition coefficient (Wildman–Crippen LogP) is 2.58. The van der Waals surface area contributed by atoms with Crippen LogP contribution in [0.2, 0.25) is 0 Å². The highest BCUT2D eigenvalue weighted by molar-refractivity contribution is 5.92. The Hall–Kier alpha value is -2.12. The van der Waals surface area contributed by atoms with Crippen molar-refractivity contribution in [2.45, 2.75) is 26.3 Å². The van der Waals surface area contributed by atoms with Crippen molar-refractivity contribution in [3.63, 3.8) is 0 Å². The zero-order valence-corrected chi connectivity index (χ0v) is 16.0. The van der Waals surface area contributed by atoms with Gasteiger partial charge in [0.15, 0.2) is 5.69 Å². The number of hydrogen-bond acceptors (Lipinski definition) is 6. The molecule has 7 nitrogen and oxygen atoms in total. The average Bonchev–Trinajstić information content (AvgIpc) is 3.38. The summed E-state index contributed by atoms with van der Waals surface area (Å²) in [6, 6.07) is 5.67. The normalized spacial score (nSPS) is 22.6. The van der Waals surface area contributed by atoms with E-state index in [1.165, 1.54) is 0 Å². The summed E-state index contributed by atoms with van der Waals surface area (Å²) in [7, 11) is 1.77. The molecule has 0 N–H and O–H groups in total. The van der Waals surface area contributed by atoms with Crippen LogP contribution >= 0.6 is 0 Å². The van der Waals surface area contributed by atoms with Crippen molar-refractivity contribution in [3.05, 3.63) is 41.7 Å². The lowest BCUT2D eigenvalue weighted by atomic mass is 9.71. The zero-order chi connectivity index (χ0) is 18.9. The highest BCUT2D eigenvalue weighted by Crippen LogP contribution is 2.45. The van der Waals surface area contributed by atoms with E-state index in [0.717, 1.165) is 57.9 Å². The highest BCUT2D eigenvalue weighted by atomic mass is 16.5. The number of carbonyl (C=O) groups excluding carboxylic acids is 1. The fourth-order valence-corrected chi connectivity index (χ4v) is 4.67. The van der Waals surface area contributed by atoms with Gasteiger partial charge in [0.1, 0.15) is 11.5 Å². The first-order chi connectivity index (χ1) is 13.1. The van der Waals surface area contributed by atoms with E-state index in [0.29, 0.717) is 17.4 Å². The Labute approximate surface area is 159 Å². The van der Waals surface area contributed by atoms with Gasteiger partial charge < -0.3 is 18.6 Å². The number of carbonyl (C=O) groups is 1. The van der Waals surface area contributed by atoms with Gasteiger partial charge in [-0.3, -0.25) is 9.69 Å². The van der Waals surface area contributed by atoms with Crippen molar-refractivity contribution in [2.75, 3.05) is 39.9 Å². The molecule has 1 amide bonds. The summed E-state index contributed by atoms with van der Waals surface area (Å²) < 4.78 is 16.1. The van der Waals surface area contributed by atoms with Gasteiger partial charge in [0.05, 0.1) is 19.4 Å². The van der Waals surface area contributed by atoms with E-state index in [-0.39, 0.29) is 11.3 Å². The second kappa shape index (κ2) is 7.48. The number of ether oxygens (including phenoxy) is 1. The summed E-state index contributed by atoms with van der Waals surface area (Å²) in [5, 5.41) is 3.87. The third kappa shape index (κ3) is 3.66. The minimum absolute atomic E-state index is 0.0320. The van der Waals surface area contributed by atoms with Crippen molar-refractivity contribution < 1.29 is 18.5 Å². The van der Waals surface area contributed by atoms with Gasteiger partial charge >= 0.3 is 0 Å². The Morgan fingerprint density at radius 3 is 2.85 bits per heavy atom. The molecule has 1 atom stereocenters. The monoisotopic (exact) mass is 373 g/mol. The first kappa shape index (κ1) is 18.3. The molecule has 7 heteroatoms. The molecule has 2 aliphatic heterocycles. The Morgan fingerprint density at radius 1 is 1.41 bits per heavy atom. The second-order valence-electron chi connectivity index (χ2n) is 7.88. The number of piperidine rings is 1. The number of hydrogen-bond donors (Lipinski definition) is 0. The molecule has 2 aliphatic rings. The smallest absolute Gasteiger partial charge is 0.276 e. The van der Waals surface area contributed by atoms with Crippen LogP contribution in [0.25, 0.3) is 0 Å². The first-order valence-corrected chi connectivity index (χ1v) is 9.56. The molecule has 27 heavy (non-hydrogen) atoms. The van der Waals surface area contributed by atoms with Crippen molar-refractivity contribution in [1.82, 2.24) is 15.0 Å². The molecule has 2 aromatic rings. The van der Waals surface area contributed by atoms with Gasteiger partial charge in [0.25, 0.3) is 5.91 Å². The molecule has 2 aromatic heterocycles. The molecular formula is C20H27N3O4. The molecule has 2 fully saturated rings. The minimum Gasteiger partial charge on any atom is -0.468 e. The molecule has 0 saturated carbocycles. The number of nitrogens with zero attached hydrogens (tertiary/aromatic N) is 3. The molecule has 146 valence electrons. The van der Waals surface area contributed by atoms with E-state index in [2.05, 4.69) is 10.1 Å². The van der Waals surface area contributed by atoms with Crippen LogP contribution < -0.4 is 0 Å². The summed E-state index contributed by atoms with van der Waals surface area (Å²) in [6.45, 7) is 6.91. The Morgan fingerprint density at radius 2 is 2.22 bits per heavy atom. The molecule has 0 aliphatic carbocycles. The SMILES string of the molecule is COCC1CN(Cc2ccco2)CC12CCN(C(=O)c1cc(C)on1)CC2. The van der Waals surface area contributed by atoms with Gasteiger partial charge in [-0.1, -0.05) is 5.16 Å². The lowest BCUT2D eigenvalue weighted by Crippen LogP contribution is -2.47. The summed E-state index contributed by atoms with van der Waals surface area (Å²) in [5.74, 6) is 2.10. The third-order valence-electron chi connectivity index (χ3n) is 6.10. The molecule has 1 spiro atoms. The van der Waals surface area contributed by atoms with Crippen LogP contribution in [0.4, 0.5) is 0 Å². The van der Waals surface area contributed by atoms with Crippen LogP contribution in [0.1, 0.15) is 34.9 Å². The number of aromatic nitrogens is 1. The van der Waals surface area contributed by atoms with E-state index in [1.807, 2.05) is 17.0 Å². The Kier molecular flexibility index (Phi) is 5.06. The van der Waals surface area contributed by atoms with E-state index in [1.54, 1.807) is 26.4 Å². The van der Waals surface area contributed by atoms with Crippen LogP contribution in [-0.2, 0) is 11.3 Å². The maximum absolute atomic E-state index is 12.7.